The zero-order chi connectivity index (χ0) is 12.3. The second-order valence-electron chi connectivity index (χ2n) is 3.72. The zero-order valence-electron chi connectivity index (χ0n) is 9.54. The van der Waals surface area contributed by atoms with Gasteiger partial charge in [0, 0.05) is 6.04 Å². The van der Waals surface area contributed by atoms with Gasteiger partial charge in [-0.25, -0.2) is 0 Å². The molecule has 0 aliphatic heterocycles. The van der Waals surface area contributed by atoms with E-state index in [1.165, 1.54) is 6.07 Å². The Labute approximate surface area is 104 Å². The number of benzene rings is 1. The van der Waals surface area contributed by atoms with Gasteiger partial charge in [-0.3, -0.25) is 0 Å². The molecule has 0 aliphatic carbocycles. The maximum Gasteiger partial charge on any atom is 0.422 e. The molecule has 1 unspecified atom stereocenters. The molecule has 1 aromatic carbocycles. The van der Waals surface area contributed by atoms with Crippen LogP contribution in [0.2, 0.25) is 0 Å². The first-order valence-electron chi connectivity index (χ1n) is 4.85. The highest BCUT2D eigenvalue weighted by Gasteiger charge is 2.28. The van der Waals surface area contributed by atoms with Crippen LogP contribution in [-0.4, -0.2) is 12.8 Å². The van der Waals surface area contributed by atoms with Gasteiger partial charge in [-0.2, -0.15) is 13.2 Å². The molecule has 0 saturated carbocycles. The molecule has 2 nitrogen and oxygen atoms in total. The summed E-state index contributed by atoms with van der Waals surface area (Å²) in [7, 11) is 0. The lowest BCUT2D eigenvalue weighted by Crippen LogP contribution is -2.19. The van der Waals surface area contributed by atoms with Gasteiger partial charge in [-0.15, -0.1) is 12.4 Å². The fraction of sp³-hybridized carbons (Fsp3) is 0.455. The number of hydrogen-bond donors (Lipinski definition) is 1. The predicted molar refractivity (Wildman–Crippen MR) is 62.6 cm³/mol. The van der Waals surface area contributed by atoms with E-state index < -0.39 is 12.8 Å². The maximum atomic E-state index is 11.9. The van der Waals surface area contributed by atoms with Crippen molar-refractivity contribution in [2.45, 2.75) is 26.1 Å². The van der Waals surface area contributed by atoms with Crippen LogP contribution in [0, 0.1) is 6.92 Å². The van der Waals surface area contributed by atoms with E-state index in [1.54, 1.807) is 19.1 Å². The van der Waals surface area contributed by atoms with Gasteiger partial charge in [-0.05, 0) is 31.0 Å². The molecule has 0 radical (unpaired) electrons. The molecule has 0 heterocycles. The van der Waals surface area contributed by atoms with Crippen molar-refractivity contribution in [3.8, 4) is 5.75 Å². The molecular weight excluding hydrogens is 255 g/mol. The summed E-state index contributed by atoms with van der Waals surface area (Å²) in [5, 5.41) is 0. The van der Waals surface area contributed by atoms with Gasteiger partial charge in [0.1, 0.15) is 5.75 Å². The monoisotopic (exact) mass is 269 g/mol. The van der Waals surface area contributed by atoms with E-state index >= 15 is 0 Å². The predicted octanol–water partition coefficient (Wildman–Crippen LogP) is 3.38. The first kappa shape index (κ1) is 16.1. The van der Waals surface area contributed by atoms with Gasteiger partial charge in [-0.1, -0.05) is 12.1 Å². The van der Waals surface area contributed by atoms with Gasteiger partial charge in [0.25, 0.3) is 0 Å². The average molecular weight is 270 g/mol. The summed E-state index contributed by atoms with van der Waals surface area (Å²) in [5.74, 6) is 0.238. The minimum Gasteiger partial charge on any atom is -0.484 e. The van der Waals surface area contributed by atoms with Crippen LogP contribution in [0.3, 0.4) is 0 Å². The van der Waals surface area contributed by atoms with E-state index in [9.17, 15) is 13.2 Å². The number of nitrogens with two attached hydrogens (primary N) is 1. The first-order chi connectivity index (χ1) is 7.29. The Morgan fingerprint density at radius 3 is 2.35 bits per heavy atom. The molecule has 0 spiro atoms. The van der Waals surface area contributed by atoms with Gasteiger partial charge >= 0.3 is 6.18 Å². The first-order valence-corrected chi connectivity index (χ1v) is 4.85. The second-order valence-corrected chi connectivity index (χ2v) is 3.72. The SMILES string of the molecule is Cc1cc(C(C)N)ccc1OCC(F)(F)F.Cl. The Morgan fingerprint density at radius 1 is 1.35 bits per heavy atom. The van der Waals surface area contributed by atoms with Crippen LogP contribution in [-0.2, 0) is 0 Å². The van der Waals surface area contributed by atoms with Crippen molar-refractivity contribution < 1.29 is 17.9 Å². The standard InChI is InChI=1S/C11H14F3NO.ClH/c1-7-5-9(8(2)15)3-4-10(7)16-6-11(12,13)14;/h3-5,8H,6,15H2,1-2H3;1H. The molecule has 17 heavy (non-hydrogen) atoms. The van der Waals surface area contributed by atoms with Crippen molar-refractivity contribution in [3.63, 3.8) is 0 Å². The molecular formula is C11H15ClF3NO. The summed E-state index contributed by atoms with van der Waals surface area (Å²) in [5.41, 5.74) is 7.18. The average Bonchev–Trinajstić information content (AvgIpc) is 2.14. The van der Waals surface area contributed by atoms with Crippen LogP contribution in [0.25, 0.3) is 0 Å². The fourth-order valence-electron chi connectivity index (χ4n) is 1.28. The number of halogens is 4. The summed E-state index contributed by atoms with van der Waals surface area (Å²) in [6.07, 6.45) is -4.31. The quantitative estimate of drug-likeness (QED) is 0.913. The van der Waals surface area contributed by atoms with E-state index in [4.69, 9.17) is 5.73 Å². The topological polar surface area (TPSA) is 35.2 Å². The zero-order valence-corrected chi connectivity index (χ0v) is 10.4. The van der Waals surface area contributed by atoms with Crippen LogP contribution in [0.4, 0.5) is 13.2 Å². The molecule has 0 saturated heterocycles. The summed E-state index contributed by atoms with van der Waals surface area (Å²) in [4.78, 5) is 0. The molecule has 0 amide bonds. The van der Waals surface area contributed by atoms with Gasteiger partial charge in [0.05, 0.1) is 0 Å². The summed E-state index contributed by atoms with van der Waals surface area (Å²) in [6.45, 7) is 2.23. The minimum absolute atomic E-state index is 0. The largest absolute Gasteiger partial charge is 0.484 e. The van der Waals surface area contributed by atoms with Crippen molar-refractivity contribution in [2.24, 2.45) is 5.73 Å². The third-order valence-corrected chi connectivity index (χ3v) is 2.12. The molecule has 0 fully saturated rings. The van der Waals surface area contributed by atoms with Crippen LogP contribution in [0.5, 0.6) is 5.75 Å². The van der Waals surface area contributed by atoms with E-state index in [0.717, 1.165) is 5.56 Å². The molecule has 0 aromatic heterocycles. The van der Waals surface area contributed by atoms with Gasteiger partial charge < -0.3 is 10.5 Å². The Balaban J connectivity index is 0.00000256. The van der Waals surface area contributed by atoms with E-state index in [0.29, 0.717) is 5.56 Å². The highest BCUT2D eigenvalue weighted by atomic mass is 35.5. The van der Waals surface area contributed by atoms with E-state index in [2.05, 4.69) is 4.74 Å². The Bertz CT molecular complexity index is 366. The molecule has 0 aliphatic rings. The summed E-state index contributed by atoms with van der Waals surface area (Å²) >= 11 is 0. The molecule has 2 N–H and O–H groups in total. The number of alkyl halides is 3. The lowest BCUT2D eigenvalue weighted by Gasteiger charge is -2.13. The van der Waals surface area contributed by atoms with Gasteiger partial charge in [0.2, 0.25) is 0 Å². The third kappa shape index (κ3) is 5.28. The summed E-state index contributed by atoms with van der Waals surface area (Å²) in [6, 6.07) is 4.77. The fourth-order valence-corrected chi connectivity index (χ4v) is 1.28. The Hall–Kier alpha value is -0.940. The number of rotatable bonds is 3. The lowest BCUT2D eigenvalue weighted by atomic mass is 10.1. The molecule has 1 atom stereocenters. The van der Waals surface area contributed by atoms with Crippen molar-refractivity contribution >= 4 is 12.4 Å². The van der Waals surface area contributed by atoms with E-state index in [-0.39, 0.29) is 24.2 Å². The molecule has 1 rings (SSSR count). The van der Waals surface area contributed by atoms with Crippen LogP contribution < -0.4 is 10.5 Å². The van der Waals surface area contributed by atoms with Crippen molar-refractivity contribution in [2.75, 3.05) is 6.61 Å². The smallest absolute Gasteiger partial charge is 0.422 e. The van der Waals surface area contributed by atoms with Gasteiger partial charge in [0.15, 0.2) is 6.61 Å². The number of hydrogen-bond acceptors (Lipinski definition) is 2. The maximum absolute atomic E-state index is 11.9. The van der Waals surface area contributed by atoms with Crippen LogP contribution >= 0.6 is 12.4 Å². The molecule has 0 bridgehead atoms. The molecule has 98 valence electrons. The van der Waals surface area contributed by atoms with Crippen molar-refractivity contribution in [1.82, 2.24) is 0 Å². The van der Waals surface area contributed by atoms with Crippen LogP contribution in [0.1, 0.15) is 24.1 Å². The van der Waals surface area contributed by atoms with Crippen molar-refractivity contribution in [1.29, 1.82) is 0 Å². The highest BCUT2D eigenvalue weighted by molar-refractivity contribution is 5.85. The van der Waals surface area contributed by atoms with E-state index in [1.807, 2.05) is 6.92 Å². The highest BCUT2D eigenvalue weighted by Crippen LogP contribution is 2.24. The number of aryl methyl sites for hydroxylation is 1. The Kier molecular flexibility index (Phi) is 5.78. The minimum atomic E-state index is -4.31. The molecule has 1 aromatic rings. The number of ether oxygens (including phenoxy) is 1. The summed E-state index contributed by atoms with van der Waals surface area (Å²) < 4.78 is 40.5. The third-order valence-electron chi connectivity index (χ3n) is 2.12. The van der Waals surface area contributed by atoms with Crippen LogP contribution in [0.15, 0.2) is 18.2 Å². The normalized spacial score (nSPS) is 12.8. The Morgan fingerprint density at radius 2 is 1.94 bits per heavy atom. The second kappa shape index (κ2) is 6.12. The lowest BCUT2D eigenvalue weighted by molar-refractivity contribution is -0.153. The van der Waals surface area contributed by atoms with Crippen molar-refractivity contribution in [3.05, 3.63) is 29.3 Å². The molecule has 6 heteroatoms.